The van der Waals surface area contributed by atoms with Crippen LogP contribution in [0.5, 0.6) is 0 Å². The van der Waals surface area contributed by atoms with Crippen molar-refractivity contribution < 1.29 is 9.90 Å². The van der Waals surface area contributed by atoms with Crippen LogP contribution in [0.25, 0.3) is 11.0 Å². The Morgan fingerprint density at radius 2 is 2.00 bits per heavy atom. The summed E-state index contributed by atoms with van der Waals surface area (Å²) >= 11 is 1.67. The molecule has 0 fully saturated rings. The average Bonchev–Trinajstić information content (AvgIpc) is 3.41. The van der Waals surface area contributed by atoms with E-state index in [1.54, 1.807) is 22.4 Å². The third-order valence-electron chi connectivity index (χ3n) is 5.02. The number of hydrogen-bond acceptors (Lipinski definition) is 5. The Bertz CT molecular complexity index is 1120. The van der Waals surface area contributed by atoms with E-state index >= 15 is 0 Å². The summed E-state index contributed by atoms with van der Waals surface area (Å²) in [5.41, 5.74) is 3.22. The average molecular weight is 421 g/mol. The van der Waals surface area contributed by atoms with Gasteiger partial charge in [-0.2, -0.15) is 5.10 Å². The topological polar surface area (TPSA) is 71.2 Å². The number of aliphatic hydroxyl groups is 1. The van der Waals surface area contributed by atoms with Crippen molar-refractivity contribution in [3.8, 4) is 0 Å². The highest BCUT2D eigenvalue weighted by Gasteiger charge is 2.21. The third kappa shape index (κ3) is 4.42. The van der Waals surface area contributed by atoms with Crippen molar-refractivity contribution >= 4 is 28.3 Å². The maximum Gasteiger partial charge on any atom is 0.254 e. The Morgan fingerprint density at radius 1 is 1.17 bits per heavy atom. The highest BCUT2D eigenvalue weighted by Crippen LogP contribution is 2.22. The molecule has 154 valence electrons. The number of aliphatic hydroxyl groups excluding tert-OH is 1. The van der Waals surface area contributed by atoms with E-state index in [-0.39, 0.29) is 19.1 Å². The SMILES string of the molecule is Cc1cc(C(=O)N(CCO)CCc2ccccc2)c2cnn(Cc3cccs3)c2n1. The lowest BCUT2D eigenvalue weighted by atomic mass is 10.1. The van der Waals surface area contributed by atoms with Crippen LogP contribution >= 0.6 is 11.3 Å². The molecule has 0 spiro atoms. The minimum absolute atomic E-state index is 0.0780. The molecule has 0 saturated heterocycles. The van der Waals surface area contributed by atoms with Crippen LogP contribution in [0.2, 0.25) is 0 Å². The predicted octanol–water partition coefficient (Wildman–Crippen LogP) is 3.53. The first-order chi connectivity index (χ1) is 14.7. The van der Waals surface area contributed by atoms with Gasteiger partial charge in [-0.3, -0.25) is 4.79 Å². The lowest BCUT2D eigenvalue weighted by Gasteiger charge is -2.22. The van der Waals surface area contributed by atoms with Gasteiger partial charge in [0, 0.05) is 23.7 Å². The van der Waals surface area contributed by atoms with Crippen molar-refractivity contribution in [1.29, 1.82) is 0 Å². The van der Waals surface area contributed by atoms with Crippen LogP contribution in [0, 0.1) is 6.92 Å². The monoisotopic (exact) mass is 420 g/mol. The van der Waals surface area contributed by atoms with Crippen LogP contribution in [0.1, 0.15) is 26.5 Å². The van der Waals surface area contributed by atoms with E-state index in [2.05, 4.69) is 16.1 Å². The standard InChI is InChI=1S/C23H24N4O2S/c1-17-14-20(21-15-24-27(22(21)25-17)16-19-8-5-13-30-19)23(29)26(11-12-28)10-9-18-6-3-2-4-7-18/h2-8,13-15,28H,9-12,16H2,1H3. The minimum Gasteiger partial charge on any atom is -0.395 e. The van der Waals surface area contributed by atoms with Crippen LogP contribution in [0.3, 0.4) is 0 Å². The molecule has 1 aromatic carbocycles. The van der Waals surface area contributed by atoms with E-state index in [0.717, 1.165) is 23.1 Å². The lowest BCUT2D eigenvalue weighted by Crippen LogP contribution is -2.35. The molecule has 4 rings (SSSR count). The fourth-order valence-electron chi connectivity index (χ4n) is 3.53. The van der Waals surface area contributed by atoms with Gasteiger partial charge in [-0.15, -0.1) is 11.3 Å². The first-order valence-electron chi connectivity index (χ1n) is 9.95. The number of rotatable bonds is 8. The number of aryl methyl sites for hydroxylation is 1. The number of hydrogen-bond donors (Lipinski definition) is 1. The highest BCUT2D eigenvalue weighted by molar-refractivity contribution is 7.09. The zero-order valence-electron chi connectivity index (χ0n) is 16.9. The summed E-state index contributed by atoms with van der Waals surface area (Å²) in [6.45, 7) is 3.26. The van der Waals surface area contributed by atoms with Gasteiger partial charge in [-0.25, -0.2) is 9.67 Å². The molecular weight excluding hydrogens is 396 g/mol. The molecule has 3 heterocycles. The zero-order chi connectivity index (χ0) is 20.9. The molecule has 0 unspecified atom stereocenters. The maximum absolute atomic E-state index is 13.4. The van der Waals surface area contributed by atoms with Crippen LogP contribution in [-0.2, 0) is 13.0 Å². The number of fused-ring (bicyclic) bond motifs is 1. The summed E-state index contributed by atoms with van der Waals surface area (Å²) in [5.74, 6) is -0.105. The summed E-state index contributed by atoms with van der Waals surface area (Å²) in [5, 5.41) is 16.8. The molecule has 0 radical (unpaired) electrons. The summed E-state index contributed by atoms with van der Waals surface area (Å²) in [4.78, 5) is 20.9. The van der Waals surface area contributed by atoms with Gasteiger partial charge < -0.3 is 10.0 Å². The van der Waals surface area contributed by atoms with Gasteiger partial charge in [-0.05, 0) is 36.4 Å². The van der Waals surface area contributed by atoms with Gasteiger partial charge in [0.2, 0.25) is 0 Å². The number of benzene rings is 1. The van der Waals surface area contributed by atoms with Crippen molar-refractivity contribution in [2.24, 2.45) is 0 Å². The van der Waals surface area contributed by atoms with Crippen molar-refractivity contribution in [1.82, 2.24) is 19.7 Å². The lowest BCUT2D eigenvalue weighted by molar-refractivity contribution is 0.0726. The molecule has 3 aromatic heterocycles. The molecule has 0 aliphatic carbocycles. The molecule has 0 aliphatic heterocycles. The normalized spacial score (nSPS) is 11.1. The number of amides is 1. The van der Waals surface area contributed by atoms with Gasteiger partial charge >= 0.3 is 0 Å². The smallest absolute Gasteiger partial charge is 0.254 e. The molecule has 7 heteroatoms. The van der Waals surface area contributed by atoms with Gasteiger partial charge in [-0.1, -0.05) is 36.4 Å². The van der Waals surface area contributed by atoms with Crippen LogP contribution in [0.4, 0.5) is 0 Å². The van der Waals surface area contributed by atoms with E-state index in [0.29, 0.717) is 24.3 Å². The molecular formula is C23H24N4O2S. The highest BCUT2D eigenvalue weighted by atomic mass is 32.1. The van der Waals surface area contributed by atoms with Crippen molar-refractivity contribution in [3.05, 3.63) is 81.8 Å². The minimum atomic E-state index is -0.105. The maximum atomic E-state index is 13.4. The Morgan fingerprint density at radius 3 is 2.73 bits per heavy atom. The molecule has 30 heavy (non-hydrogen) atoms. The van der Waals surface area contributed by atoms with Gasteiger partial charge in [0.15, 0.2) is 5.65 Å². The fourth-order valence-corrected chi connectivity index (χ4v) is 4.22. The molecule has 0 bridgehead atoms. The summed E-state index contributed by atoms with van der Waals surface area (Å²) in [6.07, 6.45) is 2.45. The predicted molar refractivity (Wildman–Crippen MR) is 119 cm³/mol. The molecule has 4 aromatic rings. The van der Waals surface area contributed by atoms with Crippen LogP contribution in [-0.4, -0.2) is 50.4 Å². The Kier molecular flexibility index (Phi) is 6.21. The molecule has 1 amide bonds. The Labute approximate surface area is 179 Å². The van der Waals surface area contributed by atoms with E-state index < -0.39 is 0 Å². The fraction of sp³-hybridized carbons (Fsp3) is 0.261. The van der Waals surface area contributed by atoms with Crippen molar-refractivity contribution in [3.63, 3.8) is 0 Å². The first-order valence-corrected chi connectivity index (χ1v) is 10.8. The zero-order valence-corrected chi connectivity index (χ0v) is 17.7. The number of pyridine rings is 1. The molecule has 0 saturated carbocycles. The van der Waals surface area contributed by atoms with E-state index in [1.165, 1.54) is 4.88 Å². The first kappa shape index (κ1) is 20.3. The summed E-state index contributed by atoms with van der Waals surface area (Å²) in [7, 11) is 0. The van der Waals surface area contributed by atoms with E-state index in [1.807, 2.05) is 59.5 Å². The summed E-state index contributed by atoms with van der Waals surface area (Å²) in [6, 6.07) is 15.9. The van der Waals surface area contributed by atoms with Crippen LogP contribution in [0.15, 0.2) is 60.1 Å². The molecule has 6 nitrogen and oxygen atoms in total. The molecule has 0 atom stereocenters. The largest absolute Gasteiger partial charge is 0.395 e. The second kappa shape index (κ2) is 9.19. The van der Waals surface area contributed by atoms with Crippen molar-refractivity contribution in [2.45, 2.75) is 19.9 Å². The molecule has 1 N–H and O–H groups in total. The Hall–Kier alpha value is -3.03. The van der Waals surface area contributed by atoms with Crippen LogP contribution < -0.4 is 0 Å². The number of nitrogens with zero attached hydrogens (tertiary/aromatic N) is 4. The van der Waals surface area contributed by atoms with Gasteiger partial charge in [0.05, 0.1) is 30.3 Å². The Balaban J connectivity index is 1.62. The number of carbonyl (C=O) groups is 1. The van der Waals surface area contributed by atoms with E-state index in [4.69, 9.17) is 0 Å². The van der Waals surface area contributed by atoms with E-state index in [9.17, 15) is 9.90 Å². The van der Waals surface area contributed by atoms with Crippen molar-refractivity contribution in [2.75, 3.05) is 19.7 Å². The number of aromatic nitrogens is 3. The summed E-state index contributed by atoms with van der Waals surface area (Å²) < 4.78 is 1.84. The second-order valence-electron chi connectivity index (χ2n) is 7.18. The third-order valence-corrected chi connectivity index (χ3v) is 5.88. The number of carbonyl (C=O) groups excluding carboxylic acids is 1. The number of thiophene rings is 1. The quantitative estimate of drug-likeness (QED) is 0.473. The van der Waals surface area contributed by atoms with Gasteiger partial charge in [0.25, 0.3) is 5.91 Å². The second-order valence-corrected chi connectivity index (χ2v) is 8.21. The molecule has 0 aliphatic rings. The van der Waals surface area contributed by atoms with Gasteiger partial charge in [0.1, 0.15) is 0 Å².